The zero-order valence-corrected chi connectivity index (χ0v) is 19.5. The minimum Gasteiger partial charge on any atom is -0.481 e. The van der Waals surface area contributed by atoms with E-state index in [1.807, 2.05) is 25.7 Å². The number of likely N-dealkylation sites (tertiary alicyclic amines) is 1. The van der Waals surface area contributed by atoms with E-state index in [1.54, 1.807) is 41.0 Å². The highest BCUT2D eigenvalue weighted by molar-refractivity contribution is 6.30. The van der Waals surface area contributed by atoms with Gasteiger partial charge in [-0.15, -0.1) is 0 Å². The first-order chi connectivity index (χ1) is 14.6. The van der Waals surface area contributed by atoms with Crippen molar-refractivity contribution in [2.75, 3.05) is 32.7 Å². The van der Waals surface area contributed by atoms with Crippen molar-refractivity contribution in [1.82, 2.24) is 14.7 Å². The molecule has 2 saturated heterocycles. The van der Waals surface area contributed by atoms with E-state index in [-0.39, 0.29) is 35.6 Å². The van der Waals surface area contributed by atoms with Gasteiger partial charge in [0.15, 0.2) is 6.10 Å². The molecule has 2 fully saturated rings. The molecule has 170 valence electrons. The Morgan fingerprint density at radius 3 is 2.29 bits per heavy atom. The van der Waals surface area contributed by atoms with Gasteiger partial charge in [0.05, 0.1) is 5.92 Å². The second-order valence-corrected chi connectivity index (χ2v) is 9.73. The molecule has 3 rings (SSSR count). The van der Waals surface area contributed by atoms with Gasteiger partial charge in [0.2, 0.25) is 11.8 Å². The molecule has 0 bridgehead atoms. The monoisotopic (exact) mass is 449 g/mol. The lowest BCUT2D eigenvalue weighted by atomic mass is 10.1. The van der Waals surface area contributed by atoms with E-state index in [0.29, 0.717) is 49.9 Å². The summed E-state index contributed by atoms with van der Waals surface area (Å²) in [6, 6.07) is 6.91. The second-order valence-electron chi connectivity index (χ2n) is 9.29. The molecule has 2 unspecified atom stereocenters. The zero-order chi connectivity index (χ0) is 22.8. The first-order valence-electron chi connectivity index (χ1n) is 10.9. The normalized spacial score (nSPS) is 21.1. The van der Waals surface area contributed by atoms with Gasteiger partial charge in [0, 0.05) is 49.7 Å². The van der Waals surface area contributed by atoms with Crippen LogP contribution in [0.5, 0.6) is 5.75 Å². The molecular formula is C23H32ClN3O4. The third kappa shape index (κ3) is 5.70. The topological polar surface area (TPSA) is 70.2 Å². The summed E-state index contributed by atoms with van der Waals surface area (Å²) in [7, 11) is 0. The summed E-state index contributed by atoms with van der Waals surface area (Å²) in [4.78, 5) is 43.6. The third-order valence-corrected chi connectivity index (χ3v) is 6.13. The van der Waals surface area contributed by atoms with Gasteiger partial charge >= 0.3 is 0 Å². The summed E-state index contributed by atoms with van der Waals surface area (Å²) in [6.45, 7) is 10.3. The van der Waals surface area contributed by atoms with Crippen molar-refractivity contribution in [3.05, 3.63) is 29.3 Å². The van der Waals surface area contributed by atoms with E-state index in [0.717, 1.165) is 0 Å². The Kier molecular flexibility index (Phi) is 7.14. The molecule has 0 N–H and O–H groups in total. The summed E-state index contributed by atoms with van der Waals surface area (Å²) in [5.74, 6) is 0.233. The van der Waals surface area contributed by atoms with E-state index in [4.69, 9.17) is 16.3 Å². The molecule has 0 aromatic heterocycles. The van der Waals surface area contributed by atoms with Gasteiger partial charge in [-0.05, 0) is 58.4 Å². The number of hydrogen-bond donors (Lipinski definition) is 0. The quantitative estimate of drug-likeness (QED) is 0.708. The first-order valence-corrected chi connectivity index (χ1v) is 11.2. The van der Waals surface area contributed by atoms with Crippen LogP contribution in [-0.2, 0) is 14.4 Å². The number of hydrogen-bond acceptors (Lipinski definition) is 4. The molecule has 2 atom stereocenters. The highest BCUT2D eigenvalue weighted by atomic mass is 35.5. The highest BCUT2D eigenvalue weighted by Gasteiger charge is 2.41. The summed E-state index contributed by atoms with van der Waals surface area (Å²) in [6.07, 6.45) is 0.340. The predicted octanol–water partition coefficient (Wildman–Crippen LogP) is 2.82. The molecule has 2 aliphatic heterocycles. The van der Waals surface area contributed by atoms with Crippen molar-refractivity contribution < 1.29 is 19.1 Å². The standard InChI is InChI=1S/C23H32ClN3O4/c1-16(31-19-8-6-18(24)7-9-19)21(29)25-10-5-11-26(13-12-25)22(30)17-14-20(28)27(15-17)23(2,3)4/h6-9,16-17H,5,10-15H2,1-4H3. The van der Waals surface area contributed by atoms with E-state index < -0.39 is 6.10 Å². The molecule has 1 aromatic rings. The van der Waals surface area contributed by atoms with Gasteiger partial charge < -0.3 is 19.4 Å². The molecule has 2 aliphatic rings. The molecule has 3 amide bonds. The maximum Gasteiger partial charge on any atom is 0.263 e. The molecular weight excluding hydrogens is 418 g/mol. The fourth-order valence-corrected chi connectivity index (χ4v) is 4.29. The minimum absolute atomic E-state index is 0.0138. The van der Waals surface area contributed by atoms with E-state index >= 15 is 0 Å². The van der Waals surface area contributed by atoms with Crippen LogP contribution in [0.15, 0.2) is 24.3 Å². The fraction of sp³-hybridized carbons (Fsp3) is 0.609. The molecule has 0 spiro atoms. The Morgan fingerprint density at radius 2 is 1.68 bits per heavy atom. The summed E-state index contributed by atoms with van der Waals surface area (Å²) in [5, 5.41) is 0.609. The van der Waals surface area contributed by atoms with Crippen LogP contribution in [0, 0.1) is 5.92 Å². The molecule has 2 heterocycles. The number of amides is 3. The Hall–Kier alpha value is -2.28. The van der Waals surface area contributed by atoms with Crippen molar-refractivity contribution in [2.45, 2.75) is 52.2 Å². The van der Waals surface area contributed by atoms with Crippen LogP contribution in [0.2, 0.25) is 5.02 Å². The lowest BCUT2D eigenvalue weighted by Gasteiger charge is -2.32. The van der Waals surface area contributed by atoms with Crippen LogP contribution in [0.3, 0.4) is 0 Å². The fourth-order valence-electron chi connectivity index (χ4n) is 4.16. The highest BCUT2D eigenvalue weighted by Crippen LogP contribution is 2.27. The van der Waals surface area contributed by atoms with Gasteiger partial charge in [0.1, 0.15) is 5.75 Å². The summed E-state index contributed by atoms with van der Waals surface area (Å²) >= 11 is 5.89. The molecule has 0 aliphatic carbocycles. The number of carbonyl (C=O) groups excluding carboxylic acids is 3. The number of ether oxygens (including phenoxy) is 1. The van der Waals surface area contributed by atoms with E-state index in [2.05, 4.69) is 0 Å². The number of rotatable bonds is 4. The van der Waals surface area contributed by atoms with E-state index in [1.165, 1.54) is 0 Å². The molecule has 1 aromatic carbocycles. The maximum absolute atomic E-state index is 13.1. The van der Waals surface area contributed by atoms with Crippen molar-refractivity contribution in [3.63, 3.8) is 0 Å². The van der Waals surface area contributed by atoms with Crippen LogP contribution < -0.4 is 4.74 Å². The average molecular weight is 450 g/mol. The lowest BCUT2D eigenvalue weighted by molar-refractivity contribution is -0.139. The molecule has 8 heteroatoms. The smallest absolute Gasteiger partial charge is 0.263 e. The van der Waals surface area contributed by atoms with Gasteiger partial charge in [-0.25, -0.2) is 0 Å². The number of benzene rings is 1. The number of carbonyl (C=O) groups is 3. The van der Waals surface area contributed by atoms with Crippen LogP contribution in [0.4, 0.5) is 0 Å². The predicted molar refractivity (Wildman–Crippen MR) is 119 cm³/mol. The van der Waals surface area contributed by atoms with Crippen molar-refractivity contribution >= 4 is 29.3 Å². The van der Waals surface area contributed by atoms with Crippen LogP contribution >= 0.6 is 11.6 Å². The largest absolute Gasteiger partial charge is 0.481 e. The average Bonchev–Trinajstić information content (AvgIpc) is 2.95. The summed E-state index contributed by atoms with van der Waals surface area (Å²) in [5.41, 5.74) is -0.283. The minimum atomic E-state index is -0.628. The van der Waals surface area contributed by atoms with Crippen LogP contribution in [-0.4, -0.2) is 76.8 Å². The number of nitrogens with zero attached hydrogens (tertiary/aromatic N) is 3. The molecule has 31 heavy (non-hydrogen) atoms. The third-order valence-electron chi connectivity index (χ3n) is 5.88. The number of halogens is 1. The Morgan fingerprint density at radius 1 is 1.06 bits per heavy atom. The molecule has 0 saturated carbocycles. The second kappa shape index (κ2) is 9.47. The molecule has 0 radical (unpaired) electrons. The first kappa shape index (κ1) is 23.4. The Labute approximate surface area is 189 Å². The SMILES string of the molecule is CC(Oc1ccc(Cl)cc1)C(=O)N1CCCN(C(=O)C2CC(=O)N(C(C)(C)C)C2)CC1. The Bertz CT molecular complexity index is 821. The lowest BCUT2D eigenvalue weighted by Crippen LogP contribution is -2.45. The van der Waals surface area contributed by atoms with Gasteiger partial charge in [-0.1, -0.05) is 11.6 Å². The van der Waals surface area contributed by atoms with Crippen LogP contribution in [0.1, 0.15) is 40.5 Å². The van der Waals surface area contributed by atoms with Crippen molar-refractivity contribution in [2.24, 2.45) is 5.92 Å². The van der Waals surface area contributed by atoms with Gasteiger partial charge in [0.25, 0.3) is 5.91 Å². The van der Waals surface area contributed by atoms with Crippen molar-refractivity contribution in [1.29, 1.82) is 0 Å². The summed E-state index contributed by atoms with van der Waals surface area (Å²) < 4.78 is 5.76. The van der Waals surface area contributed by atoms with Gasteiger partial charge in [-0.3, -0.25) is 14.4 Å². The maximum atomic E-state index is 13.1. The van der Waals surface area contributed by atoms with Gasteiger partial charge in [-0.2, -0.15) is 0 Å². The van der Waals surface area contributed by atoms with E-state index in [9.17, 15) is 14.4 Å². The van der Waals surface area contributed by atoms with Crippen molar-refractivity contribution in [3.8, 4) is 5.75 Å². The zero-order valence-electron chi connectivity index (χ0n) is 18.8. The van der Waals surface area contributed by atoms with Crippen LogP contribution in [0.25, 0.3) is 0 Å². The molecule has 7 nitrogen and oxygen atoms in total. The Balaban J connectivity index is 1.55.